The highest BCUT2D eigenvalue weighted by Crippen LogP contribution is 2.31. The second kappa shape index (κ2) is 5.04. The second-order valence-electron chi connectivity index (χ2n) is 4.44. The summed E-state index contributed by atoms with van der Waals surface area (Å²) in [7, 11) is 1.71. The molecule has 5 heteroatoms. The summed E-state index contributed by atoms with van der Waals surface area (Å²) in [5.74, 6) is 0. The lowest BCUT2D eigenvalue weighted by molar-refractivity contribution is 0.855. The van der Waals surface area contributed by atoms with Crippen LogP contribution in [0.3, 0.4) is 0 Å². The molecule has 0 radical (unpaired) electrons. The first-order valence-electron chi connectivity index (χ1n) is 5.99. The first-order chi connectivity index (χ1) is 9.58. The minimum atomic E-state index is -0.297. The molecule has 3 nitrogen and oxygen atoms in total. The average molecular weight is 350 g/mol. The molecule has 0 aliphatic carbocycles. The van der Waals surface area contributed by atoms with Crippen molar-refractivity contribution in [1.82, 2.24) is 9.55 Å². The maximum absolute atomic E-state index is 12.0. The third kappa shape index (κ3) is 2.15. The minimum Gasteiger partial charge on any atom is -0.295 e. The zero-order valence-corrected chi connectivity index (χ0v) is 12.9. The molecule has 0 N–H and O–H groups in total. The lowest BCUT2D eigenvalue weighted by atomic mass is 10.1. The Labute approximate surface area is 129 Å². The smallest absolute Gasteiger partial charge is 0.295 e. The third-order valence-corrected chi connectivity index (χ3v) is 4.02. The highest BCUT2D eigenvalue weighted by atomic mass is 79.9. The van der Waals surface area contributed by atoms with E-state index in [1.54, 1.807) is 13.1 Å². The first kappa shape index (κ1) is 13.3. The van der Waals surface area contributed by atoms with Crippen LogP contribution in [0.2, 0.25) is 5.02 Å². The van der Waals surface area contributed by atoms with Gasteiger partial charge in [0.25, 0.3) is 0 Å². The highest BCUT2D eigenvalue weighted by Gasteiger charge is 2.12. The lowest BCUT2D eigenvalue weighted by Gasteiger charge is -2.10. The molecule has 0 bridgehead atoms. The molecule has 0 unspecified atom stereocenters. The molecule has 0 spiro atoms. The van der Waals surface area contributed by atoms with Crippen LogP contribution in [0.5, 0.6) is 0 Å². The van der Waals surface area contributed by atoms with Gasteiger partial charge in [-0.05, 0) is 24.3 Å². The molecule has 3 rings (SSSR count). The minimum absolute atomic E-state index is 0.297. The first-order valence-corrected chi connectivity index (χ1v) is 7.16. The van der Waals surface area contributed by atoms with E-state index in [-0.39, 0.29) is 5.69 Å². The molecule has 1 aromatic heterocycles. The molecule has 20 heavy (non-hydrogen) atoms. The molecule has 0 atom stereocenters. The maximum Gasteiger partial charge on any atom is 0.348 e. The standard InChI is InChI=1S/C15H10BrClN2O/c1-19-13-7-6-9(16)8-11(13)14(18-15(19)20)10-4-2-3-5-12(10)17/h2-8H,1H3. The van der Waals surface area contributed by atoms with E-state index in [0.717, 1.165) is 20.9 Å². The van der Waals surface area contributed by atoms with Gasteiger partial charge in [0.1, 0.15) is 0 Å². The van der Waals surface area contributed by atoms with E-state index in [1.165, 1.54) is 4.57 Å². The van der Waals surface area contributed by atoms with Crippen molar-refractivity contribution < 1.29 is 0 Å². The van der Waals surface area contributed by atoms with E-state index in [0.29, 0.717) is 10.7 Å². The van der Waals surface area contributed by atoms with Gasteiger partial charge in [-0.1, -0.05) is 45.7 Å². The van der Waals surface area contributed by atoms with Gasteiger partial charge >= 0.3 is 5.69 Å². The van der Waals surface area contributed by atoms with Gasteiger partial charge in [0.2, 0.25) is 0 Å². The van der Waals surface area contributed by atoms with Gasteiger partial charge < -0.3 is 0 Å². The Hall–Kier alpha value is -1.65. The normalized spacial score (nSPS) is 10.9. The van der Waals surface area contributed by atoms with Crippen LogP contribution in [0.4, 0.5) is 0 Å². The largest absolute Gasteiger partial charge is 0.348 e. The number of hydrogen-bond acceptors (Lipinski definition) is 2. The summed E-state index contributed by atoms with van der Waals surface area (Å²) in [5.41, 5.74) is 1.89. The van der Waals surface area contributed by atoms with Crippen molar-refractivity contribution in [2.24, 2.45) is 7.05 Å². The van der Waals surface area contributed by atoms with Crippen LogP contribution in [-0.4, -0.2) is 9.55 Å². The Bertz CT molecular complexity index is 873. The second-order valence-corrected chi connectivity index (χ2v) is 5.77. The summed E-state index contributed by atoms with van der Waals surface area (Å²) >= 11 is 9.68. The topological polar surface area (TPSA) is 34.9 Å². The molecular weight excluding hydrogens is 340 g/mol. The Kier molecular flexibility index (Phi) is 3.36. The van der Waals surface area contributed by atoms with Crippen molar-refractivity contribution >= 4 is 38.4 Å². The number of nitrogens with zero attached hydrogens (tertiary/aromatic N) is 2. The number of benzene rings is 2. The van der Waals surface area contributed by atoms with Crippen molar-refractivity contribution in [2.45, 2.75) is 0 Å². The molecule has 3 aromatic rings. The van der Waals surface area contributed by atoms with Gasteiger partial charge in [0.05, 0.1) is 11.2 Å². The van der Waals surface area contributed by atoms with Crippen molar-refractivity contribution in [3.05, 3.63) is 62.4 Å². The third-order valence-electron chi connectivity index (χ3n) is 3.20. The highest BCUT2D eigenvalue weighted by molar-refractivity contribution is 9.10. The van der Waals surface area contributed by atoms with Gasteiger partial charge in [-0.2, -0.15) is 4.98 Å². The molecular formula is C15H10BrClN2O. The van der Waals surface area contributed by atoms with E-state index in [2.05, 4.69) is 20.9 Å². The summed E-state index contributed by atoms with van der Waals surface area (Å²) in [6.07, 6.45) is 0. The fourth-order valence-corrected chi connectivity index (χ4v) is 2.77. The van der Waals surface area contributed by atoms with Crippen molar-refractivity contribution in [1.29, 1.82) is 0 Å². The molecule has 0 aliphatic rings. The Morgan fingerprint density at radius 3 is 2.70 bits per heavy atom. The molecule has 0 saturated heterocycles. The van der Waals surface area contributed by atoms with Gasteiger partial charge in [0, 0.05) is 27.5 Å². The number of rotatable bonds is 1. The van der Waals surface area contributed by atoms with Crippen LogP contribution in [0.15, 0.2) is 51.7 Å². The molecule has 2 aromatic carbocycles. The molecule has 100 valence electrons. The van der Waals surface area contributed by atoms with Crippen LogP contribution >= 0.6 is 27.5 Å². The Balaban J connectivity index is 2.48. The van der Waals surface area contributed by atoms with Crippen molar-refractivity contribution in [3.8, 4) is 11.3 Å². The number of fused-ring (bicyclic) bond motifs is 1. The quantitative estimate of drug-likeness (QED) is 0.665. The molecule has 0 aliphatic heterocycles. The fourth-order valence-electron chi connectivity index (χ4n) is 2.18. The zero-order chi connectivity index (χ0) is 14.3. The molecule has 0 saturated carbocycles. The Morgan fingerprint density at radius 2 is 1.95 bits per heavy atom. The van der Waals surface area contributed by atoms with Gasteiger partial charge in [0.15, 0.2) is 0 Å². The number of halogens is 2. The summed E-state index contributed by atoms with van der Waals surface area (Å²) < 4.78 is 2.46. The number of aryl methyl sites for hydroxylation is 1. The summed E-state index contributed by atoms with van der Waals surface area (Å²) in [4.78, 5) is 16.2. The van der Waals surface area contributed by atoms with E-state index in [1.807, 2.05) is 36.4 Å². The lowest BCUT2D eigenvalue weighted by Crippen LogP contribution is -2.21. The van der Waals surface area contributed by atoms with Crippen LogP contribution < -0.4 is 5.69 Å². The van der Waals surface area contributed by atoms with E-state index in [9.17, 15) is 4.79 Å². The molecule has 0 fully saturated rings. The fraction of sp³-hybridized carbons (Fsp3) is 0.0667. The van der Waals surface area contributed by atoms with Crippen molar-refractivity contribution in [2.75, 3.05) is 0 Å². The van der Waals surface area contributed by atoms with Crippen LogP contribution in [0.1, 0.15) is 0 Å². The monoisotopic (exact) mass is 348 g/mol. The van der Waals surface area contributed by atoms with Gasteiger partial charge in [-0.15, -0.1) is 0 Å². The van der Waals surface area contributed by atoms with E-state index in [4.69, 9.17) is 11.6 Å². The van der Waals surface area contributed by atoms with Gasteiger partial charge in [-0.3, -0.25) is 4.57 Å². The van der Waals surface area contributed by atoms with E-state index < -0.39 is 0 Å². The van der Waals surface area contributed by atoms with E-state index >= 15 is 0 Å². The molecule has 0 amide bonds. The van der Waals surface area contributed by atoms with Crippen LogP contribution in [0, 0.1) is 0 Å². The predicted molar refractivity (Wildman–Crippen MR) is 85.1 cm³/mol. The van der Waals surface area contributed by atoms with Gasteiger partial charge in [-0.25, -0.2) is 4.79 Å². The average Bonchev–Trinajstić information content (AvgIpc) is 2.43. The Morgan fingerprint density at radius 1 is 1.20 bits per heavy atom. The summed E-state index contributed by atoms with van der Waals surface area (Å²) in [6.45, 7) is 0. The van der Waals surface area contributed by atoms with Crippen LogP contribution in [-0.2, 0) is 7.05 Å². The zero-order valence-electron chi connectivity index (χ0n) is 10.6. The van der Waals surface area contributed by atoms with Crippen LogP contribution in [0.25, 0.3) is 22.2 Å². The summed E-state index contributed by atoms with van der Waals surface area (Å²) in [5, 5.41) is 1.46. The maximum atomic E-state index is 12.0. The SMILES string of the molecule is Cn1c(=O)nc(-c2ccccc2Cl)c2cc(Br)ccc21. The summed E-state index contributed by atoms with van der Waals surface area (Å²) in [6, 6.07) is 13.1. The van der Waals surface area contributed by atoms with Crippen molar-refractivity contribution in [3.63, 3.8) is 0 Å². The number of aromatic nitrogens is 2. The predicted octanol–water partition coefficient (Wildman–Crippen LogP) is 4.02. The number of hydrogen-bond donors (Lipinski definition) is 0. The molecule has 1 heterocycles.